The molecule has 26 heavy (non-hydrogen) atoms. The van der Waals surface area contributed by atoms with Crippen molar-refractivity contribution >= 4 is 39.7 Å². The molecule has 1 amide bonds. The third-order valence-electron chi connectivity index (χ3n) is 4.59. The second-order valence-electron chi connectivity index (χ2n) is 6.46. The van der Waals surface area contributed by atoms with Gasteiger partial charge in [0.15, 0.2) is 5.65 Å². The van der Waals surface area contributed by atoms with Crippen LogP contribution in [0.15, 0.2) is 41.1 Å². The van der Waals surface area contributed by atoms with Crippen molar-refractivity contribution in [2.75, 3.05) is 12.3 Å². The van der Waals surface area contributed by atoms with Crippen LogP contribution in [0.25, 0.3) is 22.1 Å². The van der Waals surface area contributed by atoms with Gasteiger partial charge in [0.2, 0.25) is 11.1 Å². The van der Waals surface area contributed by atoms with E-state index >= 15 is 0 Å². The van der Waals surface area contributed by atoms with Crippen LogP contribution in [-0.4, -0.2) is 38.4 Å². The van der Waals surface area contributed by atoms with E-state index in [9.17, 15) is 4.79 Å². The number of carbonyl (C=O) groups excluding carboxylic acids is 1. The number of aromatic amines is 1. The van der Waals surface area contributed by atoms with E-state index in [0.29, 0.717) is 23.1 Å². The van der Waals surface area contributed by atoms with E-state index in [4.69, 9.17) is 0 Å². The molecule has 0 saturated carbocycles. The summed E-state index contributed by atoms with van der Waals surface area (Å²) in [5.41, 5.74) is 3.92. The largest absolute Gasteiger partial charge is 0.355 e. The molecule has 3 aromatic rings. The quantitative estimate of drug-likeness (QED) is 0.514. The number of rotatable bonds is 6. The van der Waals surface area contributed by atoms with Crippen LogP contribution in [0, 0.1) is 0 Å². The van der Waals surface area contributed by atoms with Gasteiger partial charge in [0.25, 0.3) is 0 Å². The summed E-state index contributed by atoms with van der Waals surface area (Å²) in [6.45, 7) is 0.700. The summed E-state index contributed by atoms with van der Waals surface area (Å²) < 4.78 is 0. The summed E-state index contributed by atoms with van der Waals surface area (Å²) in [5.74, 6) is 0.304. The molecule has 0 atom stereocenters. The predicted octanol–water partition coefficient (Wildman–Crippen LogP) is 3.60. The lowest BCUT2D eigenvalue weighted by molar-refractivity contribution is -0.118. The molecule has 1 aliphatic carbocycles. The molecule has 0 unspecified atom stereocenters. The standard InChI is InChI=1S/C19H21N5OS/c25-16(20-11-10-13-6-2-1-3-7-13)12-26-19-22-18-17(23-24-19)14-8-4-5-9-15(14)21-18/h4-6,8-9H,1-3,7,10-12H2,(H,20,25)(H,21,22,24). The van der Waals surface area contributed by atoms with Crippen molar-refractivity contribution in [1.29, 1.82) is 0 Å². The molecule has 0 saturated heterocycles. The highest BCUT2D eigenvalue weighted by Crippen LogP contribution is 2.23. The Kier molecular flexibility index (Phi) is 5.15. The number of nitrogens with zero attached hydrogens (tertiary/aromatic N) is 3. The van der Waals surface area contributed by atoms with Gasteiger partial charge in [0.1, 0.15) is 5.52 Å². The lowest BCUT2D eigenvalue weighted by atomic mass is 9.97. The van der Waals surface area contributed by atoms with Gasteiger partial charge in [-0.2, -0.15) is 0 Å². The number of thioether (sulfide) groups is 1. The number of allylic oxidation sites excluding steroid dienone is 1. The number of fused-ring (bicyclic) bond motifs is 3. The van der Waals surface area contributed by atoms with Gasteiger partial charge in [-0.25, -0.2) is 4.98 Å². The molecule has 2 aromatic heterocycles. The summed E-state index contributed by atoms with van der Waals surface area (Å²) in [5, 5.41) is 12.9. The minimum atomic E-state index is 0.00625. The summed E-state index contributed by atoms with van der Waals surface area (Å²) in [4.78, 5) is 19.8. The summed E-state index contributed by atoms with van der Waals surface area (Å²) in [6, 6.07) is 7.91. The van der Waals surface area contributed by atoms with Crippen LogP contribution in [0.2, 0.25) is 0 Å². The Labute approximate surface area is 155 Å². The molecule has 1 aromatic carbocycles. The second kappa shape index (κ2) is 7.86. The van der Waals surface area contributed by atoms with E-state index < -0.39 is 0 Å². The van der Waals surface area contributed by atoms with Crippen LogP contribution in [0.3, 0.4) is 0 Å². The van der Waals surface area contributed by atoms with E-state index in [0.717, 1.165) is 22.8 Å². The van der Waals surface area contributed by atoms with Crippen LogP contribution in [-0.2, 0) is 4.79 Å². The number of hydrogen-bond acceptors (Lipinski definition) is 5. The SMILES string of the molecule is O=C(CSc1nnc2c(n1)[nH]c1ccccc12)NCCC1=CCCCC1. The van der Waals surface area contributed by atoms with Gasteiger partial charge >= 0.3 is 0 Å². The third-order valence-corrected chi connectivity index (χ3v) is 5.43. The molecule has 2 N–H and O–H groups in total. The van der Waals surface area contributed by atoms with Gasteiger partial charge in [0.05, 0.1) is 5.75 Å². The Morgan fingerprint density at radius 2 is 2.15 bits per heavy atom. The van der Waals surface area contributed by atoms with Crippen LogP contribution in [0.1, 0.15) is 32.1 Å². The zero-order chi connectivity index (χ0) is 17.8. The zero-order valence-corrected chi connectivity index (χ0v) is 15.3. The molecule has 7 heteroatoms. The Balaban J connectivity index is 1.31. The number of benzene rings is 1. The average molecular weight is 367 g/mol. The highest BCUT2D eigenvalue weighted by molar-refractivity contribution is 7.99. The average Bonchev–Trinajstić information content (AvgIpc) is 3.05. The van der Waals surface area contributed by atoms with Gasteiger partial charge in [0, 0.05) is 17.4 Å². The zero-order valence-electron chi connectivity index (χ0n) is 14.5. The lowest BCUT2D eigenvalue weighted by Crippen LogP contribution is -2.26. The van der Waals surface area contributed by atoms with E-state index in [1.807, 2.05) is 24.3 Å². The number of carbonyl (C=O) groups is 1. The maximum Gasteiger partial charge on any atom is 0.230 e. The first-order valence-electron chi connectivity index (χ1n) is 8.98. The number of aromatic nitrogens is 4. The molecule has 6 nitrogen and oxygen atoms in total. The lowest BCUT2D eigenvalue weighted by Gasteiger charge is -2.12. The maximum absolute atomic E-state index is 12.0. The van der Waals surface area contributed by atoms with E-state index in [1.54, 1.807) is 0 Å². The molecule has 0 bridgehead atoms. The number of nitrogens with one attached hydrogen (secondary N) is 2. The Morgan fingerprint density at radius 1 is 1.23 bits per heavy atom. The molecule has 0 aliphatic heterocycles. The van der Waals surface area contributed by atoms with Crippen LogP contribution >= 0.6 is 11.8 Å². The van der Waals surface area contributed by atoms with Crippen LogP contribution < -0.4 is 5.32 Å². The van der Waals surface area contributed by atoms with Crippen molar-refractivity contribution in [3.63, 3.8) is 0 Å². The number of hydrogen-bond donors (Lipinski definition) is 2. The van der Waals surface area contributed by atoms with Gasteiger partial charge in [-0.1, -0.05) is 41.6 Å². The third kappa shape index (κ3) is 3.88. The predicted molar refractivity (Wildman–Crippen MR) is 104 cm³/mol. The first-order valence-corrected chi connectivity index (χ1v) is 9.97. The summed E-state index contributed by atoms with van der Waals surface area (Å²) in [6.07, 6.45) is 8.20. The molecule has 2 heterocycles. The smallest absolute Gasteiger partial charge is 0.230 e. The first-order chi connectivity index (χ1) is 12.8. The minimum Gasteiger partial charge on any atom is -0.355 e. The van der Waals surface area contributed by atoms with Crippen molar-refractivity contribution in [1.82, 2.24) is 25.5 Å². The fourth-order valence-corrected chi connectivity index (χ4v) is 3.86. The van der Waals surface area contributed by atoms with Crippen LogP contribution in [0.5, 0.6) is 0 Å². The molecule has 0 fully saturated rings. The van der Waals surface area contributed by atoms with Gasteiger partial charge < -0.3 is 10.3 Å². The Hall–Kier alpha value is -2.41. The minimum absolute atomic E-state index is 0.00625. The van der Waals surface area contributed by atoms with E-state index in [2.05, 4.69) is 31.6 Å². The van der Waals surface area contributed by atoms with Crippen LogP contribution in [0.4, 0.5) is 0 Å². The summed E-state index contributed by atoms with van der Waals surface area (Å²) in [7, 11) is 0. The normalized spacial score (nSPS) is 14.5. The topological polar surface area (TPSA) is 83.6 Å². The second-order valence-corrected chi connectivity index (χ2v) is 7.40. The number of para-hydroxylation sites is 1. The number of H-pyrrole nitrogens is 1. The molecule has 1 aliphatic rings. The molecular formula is C19H21N5OS. The number of amides is 1. The monoisotopic (exact) mass is 367 g/mol. The molecule has 134 valence electrons. The Morgan fingerprint density at radius 3 is 3.04 bits per heavy atom. The van der Waals surface area contributed by atoms with Crippen molar-refractivity contribution < 1.29 is 4.79 Å². The van der Waals surface area contributed by atoms with E-state index in [1.165, 1.54) is 43.0 Å². The highest BCUT2D eigenvalue weighted by Gasteiger charge is 2.11. The van der Waals surface area contributed by atoms with Crippen molar-refractivity contribution in [3.05, 3.63) is 35.9 Å². The van der Waals surface area contributed by atoms with Crippen molar-refractivity contribution in [3.8, 4) is 0 Å². The van der Waals surface area contributed by atoms with Gasteiger partial charge in [-0.15, -0.1) is 10.2 Å². The van der Waals surface area contributed by atoms with Gasteiger partial charge in [-0.05, 0) is 38.2 Å². The molecule has 4 rings (SSSR count). The fourth-order valence-electron chi connectivity index (χ4n) is 3.24. The first kappa shape index (κ1) is 17.0. The van der Waals surface area contributed by atoms with Crippen molar-refractivity contribution in [2.24, 2.45) is 0 Å². The summed E-state index contributed by atoms with van der Waals surface area (Å²) >= 11 is 1.31. The maximum atomic E-state index is 12.0. The highest BCUT2D eigenvalue weighted by atomic mass is 32.2. The van der Waals surface area contributed by atoms with Gasteiger partial charge in [-0.3, -0.25) is 4.79 Å². The Bertz CT molecular complexity index is 965. The van der Waals surface area contributed by atoms with E-state index in [-0.39, 0.29) is 5.91 Å². The molecular weight excluding hydrogens is 346 g/mol. The molecule has 0 spiro atoms. The fraction of sp³-hybridized carbons (Fsp3) is 0.368. The van der Waals surface area contributed by atoms with Crippen molar-refractivity contribution in [2.45, 2.75) is 37.3 Å². The molecule has 0 radical (unpaired) electrons.